The molecular formula is C15H25Na5O10. The van der Waals surface area contributed by atoms with Gasteiger partial charge < -0.3 is 49.5 Å². The molecule has 0 radical (unpaired) electrons. The van der Waals surface area contributed by atoms with Gasteiger partial charge in [-0.25, -0.2) is 0 Å². The number of carboxylic acid groups (broad SMARTS) is 5. The Morgan fingerprint density at radius 3 is 0.400 bits per heavy atom. The maximum absolute atomic E-state index is 9.26. The summed E-state index contributed by atoms with van der Waals surface area (Å²) in [5, 5.41) is 46.3. The van der Waals surface area contributed by atoms with Crippen molar-refractivity contribution >= 4 is 29.8 Å². The van der Waals surface area contributed by atoms with Crippen LogP contribution in [0.25, 0.3) is 0 Å². The summed E-state index contributed by atoms with van der Waals surface area (Å²) in [5.41, 5.74) is 0. The Labute approximate surface area is 289 Å². The fourth-order valence-corrected chi connectivity index (χ4v) is 0. The molecule has 0 aliphatic rings. The van der Waals surface area contributed by atoms with Gasteiger partial charge in [-0.2, -0.15) is 0 Å². The number of carbonyl (C=O) groups excluding carboxylic acids is 5. The van der Waals surface area contributed by atoms with Crippen molar-refractivity contribution in [3.05, 3.63) is 0 Å². The van der Waals surface area contributed by atoms with Crippen LogP contribution < -0.4 is 173 Å². The number of aliphatic carboxylic acids is 5. The molecule has 0 rings (SSSR count). The van der Waals surface area contributed by atoms with Gasteiger partial charge in [0.1, 0.15) is 0 Å². The van der Waals surface area contributed by atoms with Gasteiger partial charge >= 0.3 is 148 Å². The molecule has 0 aliphatic heterocycles. The molecule has 0 fully saturated rings. The molecule has 0 aromatic rings. The van der Waals surface area contributed by atoms with Gasteiger partial charge in [-0.3, -0.25) is 0 Å². The SMILES string of the molecule is CCC(=O)[O-].CCC(=O)[O-].CCC(=O)[O-].CCC(=O)[O-].CCC(=O)[O-].[Na+].[Na+].[Na+].[Na+].[Na+]. The standard InChI is InChI=1S/5C3H6O2.5Na/c5*1-2-3(4)5;;;;;/h5*2H2,1H3,(H,4,5);;;;;/q;;;;;5*+1/p-5. The Morgan fingerprint density at radius 2 is 0.400 bits per heavy atom. The molecule has 0 bridgehead atoms. The van der Waals surface area contributed by atoms with Gasteiger partial charge in [0.25, 0.3) is 0 Å². The molecule has 0 amide bonds. The van der Waals surface area contributed by atoms with E-state index in [4.69, 9.17) is 0 Å². The largest absolute Gasteiger partial charge is 1.00 e. The third-order valence-electron chi connectivity index (χ3n) is 1.44. The second kappa shape index (κ2) is 57.8. The van der Waals surface area contributed by atoms with E-state index in [2.05, 4.69) is 0 Å². The Morgan fingerprint density at radius 1 is 0.367 bits per heavy atom. The van der Waals surface area contributed by atoms with E-state index in [0.29, 0.717) is 0 Å². The van der Waals surface area contributed by atoms with Gasteiger partial charge in [0, 0.05) is 29.8 Å². The summed E-state index contributed by atoms with van der Waals surface area (Å²) < 4.78 is 0. The van der Waals surface area contributed by atoms with E-state index in [9.17, 15) is 49.5 Å². The second-order valence-electron chi connectivity index (χ2n) is 3.63. The smallest absolute Gasteiger partial charge is 0.550 e. The summed E-state index contributed by atoms with van der Waals surface area (Å²) in [7, 11) is 0. The maximum atomic E-state index is 9.26. The second-order valence-corrected chi connectivity index (χ2v) is 3.63. The molecular weight excluding hydrogens is 455 g/mol. The van der Waals surface area contributed by atoms with E-state index in [1.165, 1.54) is 34.6 Å². The first kappa shape index (κ1) is 63.6. The van der Waals surface area contributed by atoms with Crippen LogP contribution in [0, 0.1) is 0 Å². The molecule has 0 spiro atoms. The van der Waals surface area contributed by atoms with Crippen molar-refractivity contribution in [2.45, 2.75) is 66.7 Å². The fraction of sp³-hybridized carbons (Fsp3) is 0.667. The van der Waals surface area contributed by atoms with Crippen molar-refractivity contribution in [1.82, 2.24) is 0 Å². The van der Waals surface area contributed by atoms with Gasteiger partial charge in [-0.05, 0) is 32.1 Å². The third-order valence-corrected chi connectivity index (χ3v) is 1.44. The predicted molar refractivity (Wildman–Crippen MR) is 76.5 cm³/mol. The van der Waals surface area contributed by atoms with Gasteiger partial charge in [-0.15, -0.1) is 0 Å². The maximum Gasteiger partial charge on any atom is 1.00 e. The summed E-state index contributed by atoms with van der Waals surface area (Å²) in [6, 6.07) is 0. The number of carbonyl (C=O) groups is 5. The average molecular weight is 480 g/mol. The van der Waals surface area contributed by atoms with Crippen molar-refractivity contribution in [3.8, 4) is 0 Å². The van der Waals surface area contributed by atoms with Crippen LogP contribution in [0.4, 0.5) is 0 Å². The van der Waals surface area contributed by atoms with Crippen LogP contribution in [0.2, 0.25) is 0 Å². The minimum absolute atomic E-state index is 0. The van der Waals surface area contributed by atoms with E-state index in [1.54, 1.807) is 0 Å². The molecule has 0 saturated carbocycles. The van der Waals surface area contributed by atoms with E-state index < -0.39 is 29.8 Å². The Kier molecular flexibility index (Phi) is 123. The van der Waals surface area contributed by atoms with Gasteiger partial charge in [0.05, 0.1) is 0 Å². The molecule has 10 nitrogen and oxygen atoms in total. The van der Waals surface area contributed by atoms with Crippen LogP contribution >= 0.6 is 0 Å². The molecule has 0 aliphatic carbocycles. The molecule has 15 heteroatoms. The molecule has 0 unspecified atom stereocenters. The summed E-state index contributed by atoms with van der Waals surface area (Å²) in [4.78, 5) is 46.3. The van der Waals surface area contributed by atoms with Crippen LogP contribution in [0.5, 0.6) is 0 Å². The fourth-order valence-electron chi connectivity index (χ4n) is 0. The summed E-state index contributed by atoms with van der Waals surface area (Å²) in [5.74, 6) is -4.98. The predicted octanol–water partition coefficient (Wildman–Crippen LogP) is -19.2. The van der Waals surface area contributed by atoms with Crippen LogP contribution in [-0.2, 0) is 24.0 Å². The molecule has 0 atom stereocenters. The Bertz CT molecular complexity index is 302. The van der Waals surface area contributed by atoms with Crippen molar-refractivity contribution in [2.75, 3.05) is 0 Å². The zero-order chi connectivity index (χ0) is 21.4. The first-order valence-electron chi connectivity index (χ1n) is 7.34. The summed E-state index contributed by atoms with van der Waals surface area (Å²) in [6.45, 7) is 7.69. The summed E-state index contributed by atoms with van der Waals surface area (Å²) in [6.07, 6.45) is 0.556. The first-order chi connectivity index (χ1) is 11.4. The van der Waals surface area contributed by atoms with E-state index in [-0.39, 0.29) is 180 Å². The average Bonchev–Trinajstić information content (AvgIpc) is 2.56. The molecule has 0 heterocycles. The minimum Gasteiger partial charge on any atom is -0.550 e. The monoisotopic (exact) mass is 480 g/mol. The van der Waals surface area contributed by atoms with Crippen LogP contribution in [0.1, 0.15) is 66.7 Å². The van der Waals surface area contributed by atoms with E-state index in [1.807, 2.05) is 0 Å². The molecule has 0 saturated heterocycles. The Balaban J connectivity index is -0.0000000200. The van der Waals surface area contributed by atoms with E-state index >= 15 is 0 Å². The third kappa shape index (κ3) is 171. The van der Waals surface area contributed by atoms with E-state index in [0.717, 1.165) is 0 Å². The van der Waals surface area contributed by atoms with Crippen molar-refractivity contribution < 1.29 is 197 Å². The Hall–Kier alpha value is 2.35. The number of carboxylic acids is 5. The van der Waals surface area contributed by atoms with Crippen molar-refractivity contribution in [3.63, 3.8) is 0 Å². The zero-order valence-electron chi connectivity index (χ0n) is 20.1. The zero-order valence-corrected chi connectivity index (χ0v) is 30.1. The molecule has 0 aromatic heterocycles. The first-order valence-corrected chi connectivity index (χ1v) is 7.34. The molecule has 0 aromatic carbocycles. The van der Waals surface area contributed by atoms with Gasteiger partial charge in [0.2, 0.25) is 0 Å². The molecule has 30 heavy (non-hydrogen) atoms. The number of rotatable bonds is 5. The number of hydrogen-bond donors (Lipinski definition) is 0. The summed E-state index contributed by atoms with van der Waals surface area (Å²) >= 11 is 0. The van der Waals surface area contributed by atoms with Crippen molar-refractivity contribution in [2.24, 2.45) is 0 Å². The van der Waals surface area contributed by atoms with Gasteiger partial charge in [0.15, 0.2) is 0 Å². The topological polar surface area (TPSA) is 201 Å². The molecule has 0 N–H and O–H groups in total. The quantitative estimate of drug-likeness (QED) is 0.340. The number of hydrogen-bond acceptors (Lipinski definition) is 10. The van der Waals surface area contributed by atoms with Crippen molar-refractivity contribution in [1.29, 1.82) is 0 Å². The normalized spacial score (nSPS) is 6.17. The van der Waals surface area contributed by atoms with Crippen LogP contribution in [0.3, 0.4) is 0 Å². The molecule has 150 valence electrons. The van der Waals surface area contributed by atoms with Gasteiger partial charge in [-0.1, -0.05) is 34.6 Å². The minimum atomic E-state index is -0.995. The van der Waals surface area contributed by atoms with Crippen LogP contribution in [0.15, 0.2) is 0 Å². The van der Waals surface area contributed by atoms with Crippen LogP contribution in [-0.4, -0.2) is 29.8 Å².